The largest absolute Gasteiger partial charge is 0.381 e. The first-order chi connectivity index (χ1) is 7.70. The van der Waals surface area contributed by atoms with Gasteiger partial charge in [-0.25, -0.2) is 0 Å². The van der Waals surface area contributed by atoms with Crippen LogP contribution in [0.2, 0.25) is 6.04 Å². The summed E-state index contributed by atoms with van der Waals surface area (Å²) in [4.78, 5) is 2.18. The van der Waals surface area contributed by atoms with Crippen LogP contribution in [0.1, 0.15) is 12.8 Å². The predicted octanol–water partition coefficient (Wildman–Crippen LogP) is 0.508. The van der Waals surface area contributed by atoms with E-state index in [2.05, 4.69) is 19.0 Å². The van der Waals surface area contributed by atoms with Gasteiger partial charge in [0.2, 0.25) is 0 Å². The third kappa shape index (κ3) is 10.6. The normalized spacial score (nSPS) is 12.4. The van der Waals surface area contributed by atoms with Gasteiger partial charge >= 0.3 is 0 Å². The first-order valence-electron chi connectivity index (χ1n) is 5.98. The third-order valence-electron chi connectivity index (χ3n) is 2.40. The van der Waals surface area contributed by atoms with Gasteiger partial charge in [0.05, 0.1) is 9.52 Å². The zero-order valence-electron chi connectivity index (χ0n) is 11.2. The van der Waals surface area contributed by atoms with Crippen molar-refractivity contribution in [2.45, 2.75) is 24.8 Å². The van der Waals surface area contributed by atoms with Gasteiger partial charge in [0, 0.05) is 27.4 Å². The van der Waals surface area contributed by atoms with Gasteiger partial charge in [0.15, 0.2) is 0 Å². The smallest absolute Gasteiger partial charge is 0.134 e. The van der Waals surface area contributed by atoms with Crippen LogP contribution in [0.4, 0.5) is 0 Å². The summed E-state index contributed by atoms with van der Waals surface area (Å²) in [6.07, 6.45) is 2.25. The molecule has 0 unspecified atom stereocenters. The summed E-state index contributed by atoms with van der Waals surface area (Å²) in [5.41, 5.74) is 0. The van der Waals surface area contributed by atoms with Gasteiger partial charge in [0.25, 0.3) is 0 Å². The molecule has 0 amide bonds. The number of nitrogens with zero attached hydrogens (tertiary/aromatic N) is 1. The molecule has 0 aromatic heterocycles. The Hall–Kier alpha value is 0.0569. The standard InChI is InChI=1S/C11H27NO3Si/c1-12(2)7-5-8-15-9-6-10-16-11(13-3)14-4/h11H,5-10,16H2,1-4H3. The molecule has 0 spiro atoms. The van der Waals surface area contributed by atoms with Gasteiger partial charge in [0.1, 0.15) is 5.91 Å². The molecule has 0 aliphatic rings. The molecule has 16 heavy (non-hydrogen) atoms. The van der Waals surface area contributed by atoms with Gasteiger partial charge in [-0.05, 0) is 33.5 Å². The van der Waals surface area contributed by atoms with E-state index in [-0.39, 0.29) is 15.4 Å². The second-order valence-corrected chi connectivity index (χ2v) is 6.12. The van der Waals surface area contributed by atoms with Crippen LogP contribution < -0.4 is 0 Å². The Kier molecular flexibility index (Phi) is 11.6. The number of hydrogen-bond acceptors (Lipinski definition) is 4. The van der Waals surface area contributed by atoms with Gasteiger partial charge in [-0.1, -0.05) is 6.04 Å². The molecule has 0 heterocycles. The topological polar surface area (TPSA) is 30.9 Å². The lowest BCUT2D eigenvalue weighted by Crippen LogP contribution is -2.21. The minimum Gasteiger partial charge on any atom is -0.381 e. The summed E-state index contributed by atoms with van der Waals surface area (Å²) in [6.45, 7) is 2.85. The van der Waals surface area contributed by atoms with Crippen LogP contribution in [0.25, 0.3) is 0 Å². The average Bonchev–Trinajstić information content (AvgIpc) is 2.27. The Balaban J connectivity index is 3.09. The molecule has 0 atom stereocenters. The predicted molar refractivity (Wildman–Crippen MR) is 69.8 cm³/mol. The van der Waals surface area contributed by atoms with Crippen molar-refractivity contribution in [2.24, 2.45) is 0 Å². The molecule has 0 radical (unpaired) electrons. The molecule has 0 fully saturated rings. The maximum atomic E-state index is 5.55. The molecule has 0 aromatic rings. The summed E-state index contributed by atoms with van der Waals surface area (Å²) in [7, 11) is 7.32. The highest BCUT2D eigenvalue weighted by molar-refractivity contribution is 6.36. The number of ether oxygens (including phenoxy) is 3. The Morgan fingerprint density at radius 1 is 1.06 bits per heavy atom. The van der Waals surface area contributed by atoms with Crippen molar-refractivity contribution >= 4 is 9.52 Å². The fourth-order valence-electron chi connectivity index (χ4n) is 1.43. The Morgan fingerprint density at radius 2 is 1.69 bits per heavy atom. The van der Waals surface area contributed by atoms with E-state index in [0.717, 1.165) is 32.6 Å². The molecular weight excluding hydrogens is 222 g/mol. The molecule has 0 aliphatic carbocycles. The quantitative estimate of drug-likeness (QED) is 0.303. The fraction of sp³-hybridized carbons (Fsp3) is 1.00. The molecule has 0 saturated carbocycles. The zero-order valence-corrected chi connectivity index (χ0v) is 12.6. The van der Waals surface area contributed by atoms with Gasteiger partial charge in [-0.2, -0.15) is 0 Å². The van der Waals surface area contributed by atoms with Crippen molar-refractivity contribution < 1.29 is 14.2 Å². The van der Waals surface area contributed by atoms with Crippen LogP contribution in [-0.2, 0) is 14.2 Å². The SMILES string of the molecule is COC(OC)[SiH2]CCCOCCCN(C)C. The van der Waals surface area contributed by atoms with Crippen LogP contribution in [0.15, 0.2) is 0 Å². The molecule has 98 valence electrons. The van der Waals surface area contributed by atoms with E-state index in [9.17, 15) is 0 Å². The Labute approximate surface area is 102 Å². The molecule has 5 heteroatoms. The summed E-state index contributed by atoms with van der Waals surface area (Å²) in [6, 6.07) is 1.22. The highest BCUT2D eigenvalue weighted by atomic mass is 28.2. The first kappa shape index (κ1) is 16.1. The van der Waals surface area contributed by atoms with Crippen LogP contribution in [0.5, 0.6) is 0 Å². The van der Waals surface area contributed by atoms with Crippen LogP contribution in [0, 0.1) is 0 Å². The number of rotatable bonds is 11. The lowest BCUT2D eigenvalue weighted by atomic mass is 10.4. The van der Waals surface area contributed by atoms with E-state index >= 15 is 0 Å². The van der Waals surface area contributed by atoms with Crippen molar-refractivity contribution in [3.63, 3.8) is 0 Å². The first-order valence-corrected chi connectivity index (χ1v) is 7.80. The Morgan fingerprint density at radius 3 is 2.25 bits per heavy atom. The molecular formula is C11H27NO3Si. The zero-order chi connectivity index (χ0) is 12.2. The van der Waals surface area contributed by atoms with E-state index < -0.39 is 0 Å². The van der Waals surface area contributed by atoms with Crippen molar-refractivity contribution in [2.75, 3.05) is 48.1 Å². The average molecular weight is 249 g/mol. The van der Waals surface area contributed by atoms with E-state index in [1.165, 1.54) is 6.04 Å². The minimum absolute atomic E-state index is 0.0775. The van der Waals surface area contributed by atoms with Crippen molar-refractivity contribution in [3.05, 3.63) is 0 Å². The van der Waals surface area contributed by atoms with Crippen LogP contribution >= 0.6 is 0 Å². The van der Waals surface area contributed by atoms with Crippen LogP contribution in [-0.4, -0.2) is 68.4 Å². The Bertz CT molecular complexity index is 143. The highest BCUT2D eigenvalue weighted by Crippen LogP contribution is 1.97. The molecule has 0 N–H and O–H groups in total. The van der Waals surface area contributed by atoms with Crippen molar-refractivity contribution in [1.29, 1.82) is 0 Å². The summed E-state index contributed by atoms with van der Waals surface area (Å²) in [5, 5.41) is 0. The van der Waals surface area contributed by atoms with Gasteiger partial charge in [-0.3, -0.25) is 0 Å². The lowest BCUT2D eigenvalue weighted by molar-refractivity contribution is -0.0442. The molecule has 0 rings (SSSR count). The lowest BCUT2D eigenvalue weighted by Gasteiger charge is -2.12. The number of hydrogen-bond donors (Lipinski definition) is 0. The molecule has 4 nitrogen and oxygen atoms in total. The summed E-state index contributed by atoms with van der Waals surface area (Å²) in [5.74, 6) is 0.0775. The van der Waals surface area contributed by atoms with Gasteiger partial charge in [-0.15, -0.1) is 0 Å². The monoisotopic (exact) mass is 249 g/mol. The minimum atomic E-state index is -0.260. The molecule has 0 aliphatic heterocycles. The molecule has 0 saturated heterocycles. The molecule has 0 bridgehead atoms. The third-order valence-corrected chi connectivity index (χ3v) is 4.44. The molecule has 0 aromatic carbocycles. The number of methoxy groups -OCH3 is 2. The maximum Gasteiger partial charge on any atom is 0.134 e. The van der Waals surface area contributed by atoms with E-state index in [1.54, 1.807) is 14.2 Å². The fourth-order valence-corrected chi connectivity index (χ4v) is 2.73. The van der Waals surface area contributed by atoms with Crippen molar-refractivity contribution in [3.8, 4) is 0 Å². The van der Waals surface area contributed by atoms with Crippen molar-refractivity contribution in [1.82, 2.24) is 4.90 Å². The van der Waals surface area contributed by atoms with E-state index in [4.69, 9.17) is 14.2 Å². The second-order valence-electron chi connectivity index (χ2n) is 4.17. The van der Waals surface area contributed by atoms with Crippen LogP contribution in [0.3, 0.4) is 0 Å². The van der Waals surface area contributed by atoms with E-state index in [0.29, 0.717) is 0 Å². The maximum absolute atomic E-state index is 5.55. The summed E-state index contributed by atoms with van der Waals surface area (Å²) >= 11 is 0. The van der Waals surface area contributed by atoms with E-state index in [1.807, 2.05) is 0 Å². The van der Waals surface area contributed by atoms with Gasteiger partial charge < -0.3 is 19.1 Å². The summed E-state index contributed by atoms with van der Waals surface area (Å²) < 4.78 is 15.9. The second kappa shape index (κ2) is 11.5. The highest BCUT2D eigenvalue weighted by Gasteiger charge is 2.04.